The van der Waals surface area contributed by atoms with Crippen molar-refractivity contribution in [3.05, 3.63) is 35.5 Å². The highest BCUT2D eigenvalue weighted by molar-refractivity contribution is 7.16. The van der Waals surface area contributed by atoms with Gasteiger partial charge in [0.05, 0.1) is 11.5 Å². The molecule has 0 aliphatic heterocycles. The fourth-order valence-electron chi connectivity index (χ4n) is 1.45. The van der Waals surface area contributed by atoms with Crippen molar-refractivity contribution in [1.29, 1.82) is 0 Å². The van der Waals surface area contributed by atoms with Crippen molar-refractivity contribution in [2.75, 3.05) is 6.61 Å². The van der Waals surface area contributed by atoms with Crippen LogP contribution in [0.25, 0.3) is 10.4 Å². The minimum atomic E-state index is 0.00665. The van der Waals surface area contributed by atoms with E-state index in [1.165, 1.54) is 18.3 Å². The van der Waals surface area contributed by atoms with Crippen molar-refractivity contribution >= 4 is 17.1 Å². The summed E-state index contributed by atoms with van der Waals surface area (Å²) in [5.41, 5.74) is 1.05. The number of benzene rings is 1. The van der Waals surface area contributed by atoms with Crippen LogP contribution in [-0.2, 0) is 0 Å². The van der Waals surface area contributed by atoms with Gasteiger partial charge in [-0.3, -0.25) is 4.79 Å². The number of rotatable bonds is 4. The fraction of sp³-hybridized carbons (Fsp3) is 0.231. The first kappa shape index (κ1) is 11.8. The topological polar surface area (TPSA) is 39.2 Å². The molecular formula is C13H13NO2S. The van der Waals surface area contributed by atoms with E-state index in [4.69, 9.17) is 4.74 Å². The first-order chi connectivity index (χ1) is 8.20. The summed E-state index contributed by atoms with van der Waals surface area (Å²) in [6.45, 7) is 4.14. The average Bonchev–Trinajstić information content (AvgIpc) is 2.80. The summed E-state index contributed by atoms with van der Waals surface area (Å²) in [6.07, 6.45) is 1.73. The van der Waals surface area contributed by atoms with Crippen LogP contribution in [0.5, 0.6) is 5.75 Å². The molecule has 4 heteroatoms. The zero-order chi connectivity index (χ0) is 12.3. The lowest BCUT2D eigenvalue weighted by atomic mass is 10.2. The quantitative estimate of drug-likeness (QED) is 0.777. The molecule has 0 saturated carbocycles. The molecular weight excluding hydrogens is 234 g/mol. The van der Waals surface area contributed by atoms with Crippen molar-refractivity contribution in [3.63, 3.8) is 0 Å². The van der Waals surface area contributed by atoms with Gasteiger partial charge in [-0.25, -0.2) is 4.98 Å². The summed E-state index contributed by atoms with van der Waals surface area (Å²) >= 11 is 1.41. The summed E-state index contributed by atoms with van der Waals surface area (Å²) < 4.78 is 5.37. The van der Waals surface area contributed by atoms with Crippen LogP contribution in [0.3, 0.4) is 0 Å². The van der Waals surface area contributed by atoms with E-state index in [0.29, 0.717) is 11.6 Å². The lowest BCUT2D eigenvalue weighted by molar-refractivity contribution is 0.101. The molecule has 88 valence electrons. The van der Waals surface area contributed by atoms with Crippen molar-refractivity contribution in [1.82, 2.24) is 4.98 Å². The van der Waals surface area contributed by atoms with Crippen LogP contribution < -0.4 is 4.74 Å². The normalized spacial score (nSPS) is 10.2. The van der Waals surface area contributed by atoms with Crippen LogP contribution in [0.1, 0.15) is 23.6 Å². The van der Waals surface area contributed by atoms with Gasteiger partial charge in [-0.2, -0.15) is 0 Å². The molecule has 2 rings (SSSR count). The van der Waals surface area contributed by atoms with E-state index in [9.17, 15) is 4.79 Å². The zero-order valence-electron chi connectivity index (χ0n) is 9.77. The van der Waals surface area contributed by atoms with Crippen LogP contribution >= 0.6 is 11.3 Å². The molecule has 0 aliphatic rings. The molecule has 0 aliphatic carbocycles. The van der Waals surface area contributed by atoms with E-state index < -0.39 is 0 Å². The van der Waals surface area contributed by atoms with Gasteiger partial charge in [0.15, 0.2) is 10.8 Å². The first-order valence-electron chi connectivity index (χ1n) is 5.40. The monoisotopic (exact) mass is 247 g/mol. The molecule has 1 aromatic carbocycles. The van der Waals surface area contributed by atoms with Gasteiger partial charge in [-0.15, -0.1) is 11.3 Å². The molecule has 0 saturated heterocycles. The van der Waals surface area contributed by atoms with Gasteiger partial charge < -0.3 is 4.74 Å². The number of Topliss-reactive ketones (excluding diaryl/α,β-unsaturated/α-hetero) is 1. The Bertz CT molecular complexity index is 516. The fourth-order valence-corrected chi connectivity index (χ4v) is 2.27. The molecule has 0 N–H and O–H groups in total. The Labute approximate surface area is 104 Å². The summed E-state index contributed by atoms with van der Waals surface area (Å²) in [6, 6.07) is 7.79. The van der Waals surface area contributed by atoms with E-state index in [0.717, 1.165) is 16.2 Å². The van der Waals surface area contributed by atoms with Crippen LogP contribution in [0.4, 0.5) is 0 Å². The molecule has 0 radical (unpaired) electrons. The third-order valence-electron chi connectivity index (χ3n) is 2.26. The highest BCUT2D eigenvalue weighted by Gasteiger charge is 2.07. The largest absolute Gasteiger partial charge is 0.494 e. The summed E-state index contributed by atoms with van der Waals surface area (Å²) in [5.74, 6) is 0.861. The summed E-state index contributed by atoms with van der Waals surface area (Å²) in [5, 5.41) is 0.550. The van der Waals surface area contributed by atoms with E-state index in [2.05, 4.69) is 4.98 Å². The van der Waals surface area contributed by atoms with Crippen molar-refractivity contribution in [2.45, 2.75) is 13.8 Å². The molecule has 1 heterocycles. The van der Waals surface area contributed by atoms with E-state index in [1.807, 2.05) is 31.2 Å². The third-order valence-corrected chi connectivity index (χ3v) is 3.40. The average molecular weight is 247 g/mol. The number of hydrogen-bond acceptors (Lipinski definition) is 4. The number of carbonyl (C=O) groups excluding carboxylic acids is 1. The molecule has 1 aromatic heterocycles. The molecule has 17 heavy (non-hydrogen) atoms. The Hall–Kier alpha value is -1.68. The predicted octanol–water partition coefficient (Wildman–Crippen LogP) is 3.41. The Kier molecular flexibility index (Phi) is 3.54. The highest BCUT2D eigenvalue weighted by Crippen LogP contribution is 2.27. The SMILES string of the molecule is CCOc1ccc(-c2cnc(C(C)=O)s2)cc1. The molecule has 0 atom stereocenters. The van der Waals surface area contributed by atoms with Gasteiger partial charge in [0, 0.05) is 13.1 Å². The number of hydrogen-bond donors (Lipinski definition) is 0. The van der Waals surface area contributed by atoms with Gasteiger partial charge in [0.1, 0.15) is 5.75 Å². The Morgan fingerprint density at radius 2 is 2.06 bits per heavy atom. The van der Waals surface area contributed by atoms with E-state index >= 15 is 0 Å². The Balaban J connectivity index is 2.23. The first-order valence-corrected chi connectivity index (χ1v) is 6.22. The van der Waals surface area contributed by atoms with Gasteiger partial charge in [0.25, 0.3) is 0 Å². The van der Waals surface area contributed by atoms with Crippen molar-refractivity contribution in [3.8, 4) is 16.2 Å². The summed E-state index contributed by atoms with van der Waals surface area (Å²) in [7, 11) is 0. The molecule has 0 bridgehead atoms. The van der Waals surface area contributed by atoms with Crippen molar-refractivity contribution < 1.29 is 9.53 Å². The molecule has 2 aromatic rings. The van der Waals surface area contributed by atoms with Gasteiger partial charge in [-0.05, 0) is 36.8 Å². The van der Waals surface area contributed by atoms with Gasteiger partial charge in [0.2, 0.25) is 0 Å². The standard InChI is InChI=1S/C13H13NO2S/c1-3-16-11-6-4-10(5-7-11)12-8-14-13(17-12)9(2)15/h4-8H,3H2,1-2H3. The number of nitrogens with zero attached hydrogens (tertiary/aromatic N) is 1. The number of thiazole rings is 1. The van der Waals surface area contributed by atoms with Crippen LogP contribution in [0.2, 0.25) is 0 Å². The molecule has 0 unspecified atom stereocenters. The maximum absolute atomic E-state index is 11.2. The number of ether oxygens (including phenoxy) is 1. The number of ketones is 1. The Morgan fingerprint density at radius 3 is 2.59 bits per heavy atom. The second kappa shape index (κ2) is 5.10. The smallest absolute Gasteiger partial charge is 0.188 e. The second-order valence-electron chi connectivity index (χ2n) is 3.54. The van der Waals surface area contributed by atoms with Crippen LogP contribution in [0.15, 0.2) is 30.5 Å². The molecule has 0 spiro atoms. The van der Waals surface area contributed by atoms with Crippen molar-refractivity contribution in [2.24, 2.45) is 0 Å². The lowest BCUT2D eigenvalue weighted by Crippen LogP contribution is -1.90. The highest BCUT2D eigenvalue weighted by atomic mass is 32.1. The molecule has 0 amide bonds. The minimum absolute atomic E-state index is 0.00665. The van der Waals surface area contributed by atoms with Crippen LogP contribution in [0, 0.1) is 0 Å². The Morgan fingerprint density at radius 1 is 1.35 bits per heavy atom. The van der Waals surface area contributed by atoms with E-state index in [1.54, 1.807) is 6.20 Å². The maximum atomic E-state index is 11.2. The molecule has 3 nitrogen and oxygen atoms in total. The predicted molar refractivity (Wildman–Crippen MR) is 68.7 cm³/mol. The summed E-state index contributed by atoms with van der Waals surface area (Å²) in [4.78, 5) is 16.2. The molecule has 0 fully saturated rings. The minimum Gasteiger partial charge on any atom is -0.494 e. The van der Waals surface area contributed by atoms with Gasteiger partial charge >= 0.3 is 0 Å². The third kappa shape index (κ3) is 2.71. The second-order valence-corrected chi connectivity index (χ2v) is 4.57. The number of carbonyl (C=O) groups is 1. The zero-order valence-corrected chi connectivity index (χ0v) is 10.6. The van der Waals surface area contributed by atoms with Gasteiger partial charge in [-0.1, -0.05) is 0 Å². The van der Waals surface area contributed by atoms with Crippen LogP contribution in [-0.4, -0.2) is 17.4 Å². The van der Waals surface area contributed by atoms with E-state index in [-0.39, 0.29) is 5.78 Å². The maximum Gasteiger partial charge on any atom is 0.188 e. The lowest BCUT2D eigenvalue weighted by Gasteiger charge is -2.02. The number of aromatic nitrogens is 1.